The molecule has 3 heterocycles. The van der Waals surface area contributed by atoms with E-state index < -0.39 is 15.8 Å². The van der Waals surface area contributed by atoms with Crippen LogP contribution >= 0.6 is 0 Å². The molecule has 1 amide bonds. The van der Waals surface area contributed by atoms with Crippen LogP contribution < -0.4 is 14.4 Å². The third kappa shape index (κ3) is 4.78. The van der Waals surface area contributed by atoms with Crippen molar-refractivity contribution in [1.29, 1.82) is 0 Å². The van der Waals surface area contributed by atoms with Crippen molar-refractivity contribution < 1.29 is 26.8 Å². The summed E-state index contributed by atoms with van der Waals surface area (Å²) in [5, 5.41) is 3.27. The smallest absolute Gasteiger partial charge is 0.255 e. The van der Waals surface area contributed by atoms with Gasteiger partial charge in [-0.25, -0.2) is 12.8 Å². The Morgan fingerprint density at radius 3 is 2.49 bits per heavy atom. The zero-order chi connectivity index (χ0) is 26.5. The first-order valence-electron chi connectivity index (χ1n) is 12.2. The van der Waals surface area contributed by atoms with E-state index in [1.54, 1.807) is 18.2 Å². The predicted molar refractivity (Wildman–Crippen MR) is 140 cm³/mol. The molecule has 1 aromatic heterocycles. The van der Waals surface area contributed by atoms with Gasteiger partial charge in [-0.2, -0.15) is 0 Å². The molecule has 1 atom stereocenters. The monoisotopic (exact) mass is 530 g/mol. The maximum atomic E-state index is 13.6. The number of carbonyl (C=O) groups excluding carboxylic acids is 1. The zero-order valence-electron chi connectivity index (χ0n) is 21.4. The molecule has 1 saturated heterocycles. The number of likely N-dealkylation sites (N-methyl/N-ethyl adjacent to an activating group) is 1. The van der Waals surface area contributed by atoms with Gasteiger partial charge in [-0.3, -0.25) is 14.0 Å². The topological polar surface area (TPSA) is 95.3 Å². The van der Waals surface area contributed by atoms with Crippen molar-refractivity contribution in [2.45, 2.75) is 12.5 Å². The summed E-state index contributed by atoms with van der Waals surface area (Å²) in [4.78, 5) is 17.8. The van der Waals surface area contributed by atoms with E-state index in [2.05, 4.69) is 22.2 Å². The summed E-state index contributed by atoms with van der Waals surface area (Å²) in [6, 6.07) is 7.32. The Bertz CT molecular complexity index is 1450. The van der Waals surface area contributed by atoms with Crippen molar-refractivity contribution in [2.75, 3.05) is 64.4 Å². The number of sulfonamides is 1. The molecule has 9 nitrogen and oxygen atoms in total. The Hall–Kier alpha value is -3.15. The van der Waals surface area contributed by atoms with Gasteiger partial charge in [0.05, 0.1) is 17.5 Å². The van der Waals surface area contributed by atoms with Crippen molar-refractivity contribution in [2.24, 2.45) is 0 Å². The number of furan rings is 1. The van der Waals surface area contributed by atoms with Gasteiger partial charge in [-0.1, -0.05) is 0 Å². The largest absolute Gasteiger partial charge is 0.486 e. The van der Waals surface area contributed by atoms with Crippen molar-refractivity contribution in [1.82, 2.24) is 15.1 Å². The number of fused-ring (bicyclic) bond motifs is 3. The molecule has 2 aromatic carbocycles. The van der Waals surface area contributed by atoms with Crippen LogP contribution in [0.15, 0.2) is 34.7 Å². The summed E-state index contributed by atoms with van der Waals surface area (Å²) in [5.74, 6) is -0.0270. The third-order valence-corrected chi connectivity index (χ3v) is 8.37. The van der Waals surface area contributed by atoms with E-state index in [4.69, 9.17) is 9.15 Å². The normalized spacial score (nSPS) is 18.6. The maximum absolute atomic E-state index is 13.6. The minimum atomic E-state index is -3.60. The maximum Gasteiger partial charge on any atom is 0.255 e. The number of hydrogen-bond donors (Lipinski definition) is 1. The molecular formula is C26H31FN4O5S. The molecule has 2 aliphatic heterocycles. The van der Waals surface area contributed by atoms with Gasteiger partial charge in [0, 0.05) is 75.8 Å². The molecule has 11 heteroatoms. The summed E-state index contributed by atoms with van der Waals surface area (Å²) in [5.41, 5.74) is 2.31. The number of rotatable bonds is 6. The molecule has 1 unspecified atom stereocenters. The average Bonchev–Trinajstić information content (AvgIpc) is 3.45. The van der Waals surface area contributed by atoms with Gasteiger partial charge < -0.3 is 19.4 Å². The highest BCUT2D eigenvalue weighted by molar-refractivity contribution is 7.92. The van der Waals surface area contributed by atoms with Crippen LogP contribution in [0.4, 0.5) is 10.1 Å². The molecular weight excluding hydrogens is 499 g/mol. The van der Waals surface area contributed by atoms with Gasteiger partial charge in [0.25, 0.3) is 5.91 Å². The first-order valence-corrected chi connectivity index (χ1v) is 14.0. The Labute approximate surface area is 215 Å². The molecule has 1 fully saturated rings. The second kappa shape index (κ2) is 9.62. The Balaban J connectivity index is 1.66. The minimum absolute atomic E-state index is 0.211. The van der Waals surface area contributed by atoms with Crippen LogP contribution in [-0.4, -0.2) is 90.4 Å². The van der Waals surface area contributed by atoms with E-state index in [0.29, 0.717) is 52.3 Å². The van der Waals surface area contributed by atoms with Gasteiger partial charge in [0.2, 0.25) is 10.0 Å². The highest BCUT2D eigenvalue weighted by Crippen LogP contribution is 2.47. The van der Waals surface area contributed by atoms with E-state index in [1.807, 2.05) is 0 Å². The van der Waals surface area contributed by atoms with Crippen LogP contribution in [0.3, 0.4) is 0 Å². The molecule has 0 aliphatic carbocycles. The lowest BCUT2D eigenvalue weighted by molar-refractivity contribution is 0.0964. The van der Waals surface area contributed by atoms with E-state index in [0.717, 1.165) is 38.0 Å². The quantitative estimate of drug-likeness (QED) is 0.523. The fraction of sp³-hybridized carbons (Fsp3) is 0.423. The first-order chi connectivity index (χ1) is 17.6. The lowest BCUT2D eigenvalue weighted by Gasteiger charge is -2.33. The van der Waals surface area contributed by atoms with Crippen molar-refractivity contribution in [3.8, 4) is 17.1 Å². The van der Waals surface area contributed by atoms with E-state index >= 15 is 0 Å². The van der Waals surface area contributed by atoms with E-state index in [-0.39, 0.29) is 12.0 Å². The predicted octanol–water partition coefficient (Wildman–Crippen LogP) is 2.55. The first kappa shape index (κ1) is 25.5. The Morgan fingerprint density at radius 2 is 1.86 bits per heavy atom. The molecule has 2 aliphatic rings. The summed E-state index contributed by atoms with van der Waals surface area (Å²) >= 11 is 0. The fourth-order valence-electron chi connectivity index (χ4n) is 5.05. The molecule has 37 heavy (non-hydrogen) atoms. The van der Waals surface area contributed by atoms with Crippen molar-refractivity contribution in [3.05, 3.63) is 47.3 Å². The van der Waals surface area contributed by atoms with Gasteiger partial charge in [-0.15, -0.1) is 0 Å². The lowest BCUT2D eigenvalue weighted by Crippen LogP contribution is -2.47. The third-order valence-electron chi connectivity index (χ3n) is 7.18. The molecule has 0 bridgehead atoms. The molecule has 1 N–H and O–H groups in total. The number of carbonyl (C=O) groups is 1. The molecule has 0 saturated carbocycles. The Morgan fingerprint density at radius 1 is 1.19 bits per heavy atom. The number of nitrogens with zero attached hydrogens (tertiary/aromatic N) is 3. The van der Waals surface area contributed by atoms with Crippen molar-refractivity contribution >= 4 is 32.6 Å². The van der Waals surface area contributed by atoms with Crippen molar-refractivity contribution in [3.63, 3.8) is 0 Å². The van der Waals surface area contributed by atoms with Crippen LogP contribution in [0, 0.1) is 5.82 Å². The highest BCUT2D eigenvalue weighted by Gasteiger charge is 2.36. The number of benzene rings is 2. The van der Waals surface area contributed by atoms with E-state index in [9.17, 15) is 17.6 Å². The average molecular weight is 531 g/mol. The zero-order valence-corrected chi connectivity index (χ0v) is 22.2. The number of amides is 1. The van der Waals surface area contributed by atoms with Gasteiger partial charge in [0.1, 0.15) is 29.0 Å². The number of hydrogen-bond acceptors (Lipinski definition) is 7. The van der Waals surface area contributed by atoms with E-state index in [1.165, 1.54) is 30.5 Å². The van der Waals surface area contributed by atoms with Gasteiger partial charge in [-0.05, 0) is 31.3 Å². The summed E-state index contributed by atoms with van der Waals surface area (Å²) in [7, 11) is 1.50. The number of nitrogens with one attached hydrogen (secondary N) is 1. The minimum Gasteiger partial charge on any atom is -0.486 e. The summed E-state index contributed by atoms with van der Waals surface area (Å²) in [6.07, 6.45) is 1.41. The fourth-order valence-corrected chi connectivity index (χ4v) is 5.54. The standard InChI is InChI=1S/C26H31FN4O5S/c1-28-26(32)23-22-19-13-18(15-31-11-9-29(2)10-12-31)35-25(19)20(30(3)37(4,33)34)14-21(22)36-24(23)16-5-7-17(27)8-6-16/h5-8,14,18H,9-13,15H2,1-4H3,(H,28,32). The van der Waals surface area contributed by atoms with Crippen LogP contribution in [0.2, 0.25) is 0 Å². The number of halogens is 1. The molecule has 3 aromatic rings. The molecule has 5 rings (SSSR count). The summed E-state index contributed by atoms with van der Waals surface area (Å²) < 4.78 is 52.4. The second-order valence-electron chi connectivity index (χ2n) is 9.75. The highest BCUT2D eigenvalue weighted by atomic mass is 32.2. The van der Waals surface area contributed by atoms with Crippen LogP contribution in [0.25, 0.3) is 22.3 Å². The molecule has 0 spiro atoms. The van der Waals surface area contributed by atoms with Gasteiger partial charge >= 0.3 is 0 Å². The number of piperazine rings is 1. The summed E-state index contributed by atoms with van der Waals surface area (Å²) in [6.45, 7) is 4.46. The molecule has 198 valence electrons. The molecule has 0 radical (unpaired) electrons. The van der Waals surface area contributed by atoms with Crippen LogP contribution in [-0.2, 0) is 16.4 Å². The van der Waals surface area contributed by atoms with Gasteiger partial charge in [0.15, 0.2) is 0 Å². The SMILES string of the molecule is CNC(=O)c1c(-c2ccc(F)cc2)oc2cc(N(C)S(C)(=O)=O)c3c(c12)CC(CN1CCN(C)CC1)O3. The second-order valence-corrected chi connectivity index (χ2v) is 11.8. The van der Waals surface area contributed by atoms with Crippen LogP contribution in [0.1, 0.15) is 15.9 Å². The number of ether oxygens (including phenoxy) is 1. The lowest BCUT2D eigenvalue weighted by atomic mass is 9.97. The Kier molecular flexibility index (Phi) is 6.63. The van der Waals surface area contributed by atoms with Crippen LogP contribution in [0.5, 0.6) is 5.75 Å². The number of anilines is 1.